The summed E-state index contributed by atoms with van der Waals surface area (Å²) >= 11 is 0. The summed E-state index contributed by atoms with van der Waals surface area (Å²) < 4.78 is 30.5. The molecule has 11 nitrogen and oxygen atoms in total. The summed E-state index contributed by atoms with van der Waals surface area (Å²) in [7, 11) is -3.69. The molecule has 0 saturated carbocycles. The Bertz CT molecular complexity index is 1140. The van der Waals surface area contributed by atoms with Gasteiger partial charge in [0.1, 0.15) is 5.75 Å². The maximum absolute atomic E-state index is 12.5. The van der Waals surface area contributed by atoms with Crippen molar-refractivity contribution in [2.75, 3.05) is 22.9 Å². The Balaban J connectivity index is 2.04. The third-order valence-corrected chi connectivity index (χ3v) is 4.14. The molecule has 0 aliphatic heterocycles. The summed E-state index contributed by atoms with van der Waals surface area (Å²) in [5, 5.41) is 11.2. The van der Waals surface area contributed by atoms with E-state index in [-0.39, 0.29) is 22.8 Å². The zero-order valence-electron chi connectivity index (χ0n) is 16.6. The molecule has 2 aromatic carbocycles. The van der Waals surface area contributed by atoms with Gasteiger partial charge in [-0.2, -0.15) is 5.26 Å². The van der Waals surface area contributed by atoms with Crippen LogP contribution in [0.4, 0.5) is 11.4 Å². The fraction of sp³-hybridized carbons (Fsp3) is 0.158. The number of anilines is 2. The first-order valence-corrected chi connectivity index (χ1v) is 10.6. The summed E-state index contributed by atoms with van der Waals surface area (Å²) in [6, 6.07) is 12.0. The quantitative estimate of drug-likeness (QED) is 0.456. The SMILES string of the molecule is CC(=O)Nc1ccc(NS(C)(=O)=O)c(C(=O)NNC(=O)COc2ccc(C#N)cc2)c1. The van der Waals surface area contributed by atoms with Crippen LogP contribution < -0.4 is 25.6 Å². The van der Waals surface area contributed by atoms with Crippen LogP contribution >= 0.6 is 0 Å². The van der Waals surface area contributed by atoms with Crippen LogP contribution in [0.25, 0.3) is 0 Å². The molecule has 0 aromatic heterocycles. The number of amides is 3. The van der Waals surface area contributed by atoms with Gasteiger partial charge in [-0.15, -0.1) is 0 Å². The first kappa shape index (κ1) is 23.2. The lowest BCUT2D eigenvalue weighted by molar-refractivity contribution is -0.123. The van der Waals surface area contributed by atoms with Crippen LogP contribution in [0.1, 0.15) is 22.8 Å². The normalized spacial score (nSPS) is 10.4. The Hall–Kier alpha value is -4.11. The van der Waals surface area contributed by atoms with Crippen LogP contribution in [-0.4, -0.2) is 39.0 Å². The number of rotatable bonds is 7. The maximum atomic E-state index is 12.5. The molecule has 3 amide bonds. The average Bonchev–Trinajstić information content (AvgIpc) is 2.70. The Morgan fingerprint density at radius 2 is 1.74 bits per heavy atom. The Labute approximate surface area is 178 Å². The molecule has 12 heteroatoms. The lowest BCUT2D eigenvalue weighted by Gasteiger charge is -2.14. The highest BCUT2D eigenvalue weighted by molar-refractivity contribution is 7.92. The van der Waals surface area contributed by atoms with Gasteiger partial charge in [-0.25, -0.2) is 8.42 Å². The highest BCUT2D eigenvalue weighted by Gasteiger charge is 2.16. The predicted molar refractivity (Wildman–Crippen MR) is 111 cm³/mol. The van der Waals surface area contributed by atoms with Gasteiger partial charge in [-0.1, -0.05) is 0 Å². The van der Waals surface area contributed by atoms with Crippen LogP contribution in [0.2, 0.25) is 0 Å². The van der Waals surface area contributed by atoms with Crippen LogP contribution in [0.15, 0.2) is 42.5 Å². The highest BCUT2D eigenvalue weighted by Crippen LogP contribution is 2.21. The largest absolute Gasteiger partial charge is 0.484 e. The number of nitrogens with one attached hydrogen (secondary N) is 4. The van der Waals surface area contributed by atoms with Crippen molar-refractivity contribution in [2.24, 2.45) is 0 Å². The van der Waals surface area contributed by atoms with E-state index in [0.29, 0.717) is 11.3 Å². The van der Waals surface area contributed by atoms with Gasteiger partial charge in [0.2, 0.25) is 15.9 Å². The summed E-state index contributed by atoms with van der Waals surface area (Å²) in [6.45, 7) is 0.850. The number of hydrazine groups is 1. The van der Waals surface area contributed by atoms with E-state index in [1.807, 2.05) is 6.07 Å². The number of carbonyl (C=O) groups excluding carboxylic acids is 3. The zero-order chi connectivity index (χ0) is 23.0. The maximum Gasteiger partial charge on any atom is 0.276 e. The van der Waals surface area contributed by atoms with Crippen molar-refractivity contribution in [3.63, 3.8) is 0 Å². The summed E-state index contributed by atoms with van der Waals surface area (Å²) in [4.78, 5) is 35.7. The number of nitriles is 1. The molecule has 0 unspecified atom stereocenters. The molecule has 2 rings (SSSR count). The van der Waals surface area contributed by atoms with Crippen molar-refractivity contribution in [3.8, 4) is 11.8 Å². The fourth-order valence-corrected chi connectivity index (χ4v) is 2.88. The van der Waals surface area contributed by atoms with Gasteiger partial charge in [0, 0.05) is 12.6 Å². The van der Waals surface area contributed by atoms with Gasteiger partial charge >= 0.3 is 0 Å². The van der Waals surface area contributed by atoms with E-state index < -0.39 is 28.4 Å². The Morgan fingerprint density at radius 3 is 2.32 bits per heavy atom. The zero-order valence-corrected chi connectivity index (χ0v) is 17.4. The molecule has 2 aromatic rings. The Kier molecular flexibility index (Phi) is 7.53. The molecule has 0 aliphatic carbocycles. The number of hydrogen-bond acceptors (Lipinski definition) is 7. The first-order valence-electron chi connectivity index (χ1n) is 8.69. The van der Waals surface area contributed by atoms with Crippen molar-refractivity contribution in [3.05, 3.63) is 53.6 Å². The van der Waals surface area contributed by atoms with E-state index in [1.54, 1.807) is 0 Å². The lowest BCUT2D eigenvalue weighted by atomic mass is 10.1. The molecule has 0 spiro atoms. The summed E-state index contributed by atoms with van der Waals surface area (Å²) in [5.74, 6) is -1.55. The first-order chi connectivity index (χ1) is 14.6. The molecule has 0 radical (unpaired) electrons. The van der Waals surface area contributed by atoms with E-state index >= 15 is 0 Å². The smallest absolute Gasteiger partial charge is 0.276 e. The molecule has 31 heavy (non-hydrogen) atoms. The summed E-state index contributed by atoms with van der Waals surface area (Å²) in [6.07, 6.45) is 0.915. The molecular weight excluding hydrogens is 426 g/mol. The van der Waals surface area contributed by atoms with E-state index in [0.717, 1.165) is 6.26 Å². The minimum Gasteiger partial charge on any atom is -0.484 e. The predicted octanol–water partition coefficient (Wildman–Crippen LogP) is 0.728. The lowest BCUT2D eigenvalue weighted by Crippen LogP contribution is -2.44. The van der Waals surface area contributed by atoms with Crippen LogP contribution in [0.3, 0.4) is 0 Å². The van der Waals surface area contributed by atoms with Gasteiger partial charge in [0.25, 0.3) is 11.8 Å². The number of ether oxygens (including phenoxy) is 1. The minimum absolute atomic E-state index is 0.0443. The number of hydrogen-bond donors (Lipinski definition) is 4. The molecule has 0 fully saturated rings. The highest BCUT2D eigenvalue weighted by atomic mass is 32.2. The molecule has 0 bridgehead atoms. The average molecular weight is 445 g/mol. The summed E-state index contributed by atoms with van der Waals surface area (Å²) in [5.41, 5.74) is 4.81. The second-order valence-corrected chi connectivity index (χ2v) is 7.99. The molecular formula is C19H19N5O6S. The monoisotopic (exact) mass is 445 g/mol. The van der Waals surface area contributed by atoms with Crippen molar-refractivity contribution in [1.29, 1.82) is 5.26 Å². The van der Waals surface area contributed by atoms with Crippen LogP contribution in [0, 0.1) is 11.3 Å². The van der Waals surface area contributed by atoms with E-state index in [2.05, 4.69) is 20.9 Å². The number of nitrogens with zero attached hydrogens (tertiary/aromatic N) is 1. The molecule has 0 atom stereocenters. The van der Waals surface area contributed by atoms with Crippen molar-refractivity contribution in [1.82, 2.24) is 10.9 Å². The van der Waals surface area contributed by atoms with Gasteiger partial charge < -0.3 is 10.1 Å². The van der Waals surface area contributed by atoms with Gasteiger partial charge in [-0.05, 0) is 42.5 Å². The van der Waals surface area contributed by atoms with Crippen LogP contribution in [-0.2, 0) is 19.6 Å². The van der Waals surface area contributed by atoms with Gasteiger partial charge in [0.15, 0.2) is 6.61 Å². The minimum atomic E-state index is -3.69. The molecule has 0 heterocycles. The van der Waals surface area contributed by atoms with Gasteiger partial charge in [-0.3, -0.25) is 30.0 Å². The van der Waals surface area contributed by atoms with Crippen molar-refractivity contribution >= 4 is 39.1 Å². The van der Waals surface area contributed by atoms with E-state index in [4.69, 9.17) is 10.00 Å². The third kappa shape index (κ3) is 7.67. The molecule has 0 aliphatic rings. The second kappa shape index (κ2) is 10.1. The Morgan fingerprint density at radius 1 is 1.06 bits per heavy atom. The number of carbonyl (C=O) groups is 3. The molecule has 0 saturated heterocycles. The second-order valence-electron chi connectivity index (χ2n) is 6.24. The van der Waals surface area contributed by atoms with E-state index in [9.17, 15) is 22.8 Å². The number of benzene rings is 2. The van der Waals surface area contributed by atoms with Crippen molar-refractivity contribution in [2.45, 2.75) is 6.92 Å². The fourth-order valence-electron chi connectivity index (χ4n) is 2.31. The number of sulfonamides is 1. The van der Waals surface area contributed by atoms with Crippen LogP contribution in [0.5, 0.6) is 5.75 Å². The van der Waals surface area contributed by atoms with Crippen molar-refractivity contribution < 1.29 is 27.5 Å². The van der Waals surface area contributed by atoms with Gasteiger partial charge in [0.05, 0.1) is 29.1 Å². The molecule has 162 valence electrons. The standard InChI is InChI=1S/C19H19N5O6S/c1-12(25)21-14-5-8-17(24-31(2,28)29)16(9-14)19(27)23-22-18(26)11-30-15-6-3-13(10-20)4-7-15/h3-9,24H,11H2,1-2H3,(H,21,25)(H,22,26)(H,23,27). The topological polar surface area (TPSA) is 166 Å². The third-order valence-electron chi connectivity index (χ3n) is 3.55. The van der Waals surface area contributed by atoms with E-state index in [1.165, 1.54) is 49.4 Å². The molecule has 4 N–H and O–H groups in total.